The Labute approximate surface area is 122 Å². The van der Waals surface area contributed by atoms with Crippen LogP contribution in [0.4, 0.5) is 5.69 Å². The summed E-state index contributed by atoms with van der Waals surface area (Å²) in [4.78, 5) is 14.7. The van der Waals surface area contributed by atoms with E-state index < -0.39 is 5.97 Å². The molecule has 0 bridgehead atoms. The highest BCUT2D eigenvalue weighted by Gasteiger charge is 2.12. The summed E-state index contributed by atoms with van der Waals surface area (Å²) >= 11 is 9.26. The van der Waals surface area contributed by atoms with Gasteiger partial charge in [0.1, 0.15) is 5.75 Å². The van der Waals surface area contributed by atoms with Crippen LogP contribution in [0, 0.1) is 0 Å². The van der Waals surface area contributed by atoms with Crippen molar-refractivity contribution in [3.05, 3.63) is 45.5 Å². The van der Waals surface area contributed by atoms with Crippen molar-refractivity contribution in [3.8, 4) is 11.6 Å². The van der Waals surface area contributed by atoms with Gasteiger partial charge in [0.15, 0.2) is 5.69 Å². The first-order chi connectivity index (χ1) is 8.97. The first-order valence-corrected chi connectivity index (χ1v) is 6.27. The predicted octanol–water partition coefficient (Wildman–Crippen LogP) is 3.57. The van der Waals surface area contributed by atoms with E-state index in [-0.39, 0.29) is 17.3 Å². The number of carboxylic acids is 1. The molecule has 19 heavy (non-hydrogen) atoms. The van der Waals surface area contributed by atoms with Crippen LogP contribution < -0.4 is 10.5 Å². The Balaban J connectivity index is 2.37. The summed E-state index contributed by atoms with van der Waals surface area (Å²) in [5, 5.41) is 9.22. The van der Waals surface area contributed by atoms with Crippen LogP contribution in [0.15, 0.2) is 34.8 Å². The quantitative estimate of drug-likeness (QED) is 0.890. The predicted molar refractivity (Wildman–Crippen MR) is 74.8 cm³/mol. The van der Waals surface area contributed by atoms with Crippen LogP contribution in [0.1, 0.15) is 10.5 Å². The molecule has 0 radical (unpaired) electrons. The maximum atomic E-state index is 10.8. The van der Waals surface area contributed by atoms with E-state index in [1.807, 2.05) is 0 Å². The summed E-state index contributed by atoms with van der Waals surface area (Å²) in [6, 6.07) is 7.72. The molecule has 0 aliphatic heterocycles. The summed E-state index contributed by atoms with van der Waals surface area (Å²) in [6.07, 6.45) is 0. The van der Waals surface area contributed by atoms with E-state index >= 15 is 0 Å². The molecule has 3 N–H and O–H groups in total. The van der Waals surface area contributed by atoms with Gasteiger partial charge in [-0.05, 0) is 30.3 Å². The molecular formula is C12H8BrClN2O3. The van der Waals surface area contributed by atoms with Crippen LogP contribution >= 0.6 is 27.5 Å². The van der Waals surface area contributed by atoms with E-state index in [1.54, 1.807) is 18.2 Å². The molecule has 0 atom stereocenters. The van der Waals surface area contributed by atoms with Gasteiger partial charge < -0.3 is 15.6 Å². The third-order valence-electron chi connectivity index (χ3n) is 2.21. The number of pyridine rings is 1. The van der Waals surface area contributed by atoms with Gasteiger partial charge in [0.05, 0.1) is 10.7 Å². The van der Waals surface area contributed by atoms with Crippen molar-refractivity contribution in [2.45, 2.75) is 0 Å². The fraction of sp³-hybridized carbons (Fsp3) is 0. The van der Waals surface area contributed by atoms with E-state index in [0.717, 1.165) is 4.47 Å². The molecule has 98 valence electrons. The molecule has 0 aliphatic carbocycles. The van der Waals surface area contributed by atoms with Gasteiger partial charge in [-0.25, -0.2) is 9.78 Å². The van der Waals surface area contributed by atoms with Gasteiger partial charge in [0.2, 0.25) is 5.88 Å². The Hall–Kier alpha value is -1.79. The van der Waals surface area contributed by atoms with Crippen molar-refractivity contribution < 1.29 is 14.6 Å². The van der Waals surface area contributed by atoms with Crippen LogP contribution in [0.25, 0.3) is 0 Å². The Bertz CT molecular complexity index is 649. The second kappa shape index (κ2) is 5.46. The number of hydrogen-bond acceptors (Lipinski definition) is 4. The normalized spacial score (nSPS) is 10.2. The van der Waals surface area contributed by atoms with E-state index in [4.69, 9.17) is 27.2 Å². The lowest BCUT2D eigenvalue weighted by Crippen LogP contribution is -2.03. The Kier molecular flexibility index (Phi) is 3.92. The molecule has 0 saturated heterocycles. The van der Waals surface area contributed by atoms with Gasteiger partial charge in [0, 0.05) is 4.47 Å². The van der Waals surface area contributed by atoms with Crippen molar-refractivity contribution in [2.24, 2.45) is 0 Å². The van der Waals surface area contributed by atoms with Crippen LogP contribution in [-0.4, -0.2) is 16.1 Å². The highest BCUT2D eigenvalue weighted by atomic mass is 79.9. The Morgan fingerprint density at radius 3 is 2.74 bits per heavy atom. The standard InChI is InChI=1S/C12H8BrClN2O3/c13-6-1-4-10(7(14)5-6)19-11-8(15)2-3-9(16-11)12(17)18/h1-5H,15H2,(H,17,18). The van der Waals surface area contributed by atoms with E-state index in [0.29, 0.717) is 10.8 Å². The summed E-state index contributed by atoms with van der Waals surface area (Å²) in [7, 11) is 0. The highest BCUT2D eigenvalue weighted by molar-refractivity contribution is 9.10. The molecule has 0 unspecified atom stereocenters. The van der Waals surface area contributed by atoms with Gasteiger partial charge in [0.25, 0.3) is 0 Å². The third kappa shape index (κ3) is 3.15. The van der Waals surface area contributed by atoms with Crippen molar-refractivity contribution in [1.29, 1.82) is 0 Å². The van der Waals surface area contributed by atoms with Gasteiger partial charge in [-0.2, -0.15) is 0 Å². The monoisotopic (exact) mass is 342 g/mol. The van der Waals surface area contributed by atoms with E-state index in [1.165, 1.54) is 12.1 Å². The summed E-state index contributed by atoms with van der Waals surface area (Å²) < 4.78 is 6.23. The molecule has 0 aliphatic rings. The molecule has 0 spiro atoms. The molecule has 1 aromatic heterocycles. The Morgan fingerprint density at radius 1 is 1.37 bits per heavy atom. The minimum absolute atomic E-state index is 0.00382. The molecule has 0 amide bonds. The number of anilines is 1. The average Bonchev–Trinajstić information content (AvgIpc) is 2.34. The largest absolute Gasteiger partial charge is 0.477 e. The second-order valence-corrected chi connectivity index (χ2v) is 4.90. The number of nitrogens with zero attached hydrogens (tertiary/aromatic N) is 1. The fourth-order valence-electron chi connectivity index (χ4n) is 1.31. The van der Waals surface area contributed by atoms with E-state index in [9.17, 15) is 4.79 Å². The number of rotatable bonds is 3. The van der Waals surface area contributed by atoms with Crippen molar-refractivity contribution in [3.63, 3.8) is 0 Å². The lowest BCUT2D eigenvalue weighted by atomic mass is 10.3. The first kappa shape index (κ1) is 13.6. The number of nitrogens with two attached hydrogens (primary N) is 1. The second-order valence-electron chi connectivity index (χ2n) is 3.57. The van der Waals surface area contributed by atoms with Crippen molar-refractivity contribution in [2.75, 3.05) is 5.73 Å². The minimum Gasteiger partial charge on any atom is -0.477 e. The number of ether oxygens (including phenoxy) is 1. The van der Waals surface area contributed by atoms with Crippen LogP contribution in [0.2, 0.25) is 5.02 Å². The number of hydrogen-bond donors (Lipinski definition) is 2. The maximum absolute atomic E-state index is 10.8. The third-order valence-corrected chi connectivity index (χ3v) is 3.00. The molecule has 2 rings (SSSR count). The SMILES string of the molecule is Nc1ccc(C(=O)O)nc1Oc1ccc(Br)cc1Cl. The number of nitrogen functional groups attached to an aromatic ring is 1. The smallest absolute Gasteiger partial charge is 0.354 e. The number of aromatic nitrogens is 1. The molecule has 7 heteroatoms. The summed E-state index contributed by atoms with van der Waals surface area (Å²) in [6.45, 7) is 0. The summed E-state index contributed by atoms with van der Waals surface area (Å²) in [5.74, 6) is -0.817. The number of carboxylic acid groups (broad SMARTS) is 1. The molecule has 1 heterocycles. The maximum Gasteiger partial charge on any atom is 0.354 e. The van der Waals surface area contributed by atoms with Crippen molar-refractivity contribution >= 4 is 39.2 Å². The molecule has 1 aromatic carbocycles. The minimum atomic E-state index is -1.16. The van der Waals surface area contributed by atoms with Gasteiger partial charge in [-0.1, -0.05) is 27.5 Å². The van der Waals surface area contributed by atoms with Crippen LogP contribution in [0.3, 0.4) is 0 Å². The van der Waals surface area contributed by atoms with Gasteiger partial charge in [-0.3, -0.25) is 0 Å². The number of aromatic carboxylic acids is 1. The lowest BCUT2D eigenvalue weighted by molar-refractivity contribution is 0.0689. The van der Waals surface area contributed by atoms with E-state index in [2.05, 4.69) is 20.9 Å². The number of carbonyl (C=O) groups is 1. The summed E-state index contributed by atoms with van der Waals surface area (Å²) in [5.41, 5.74) is 5.76. The van der Waals surface area contributed by atoms with Gasteiger partial charge in [-0.15, -0.1) is 0 Å². The van der Waals surface area contributed by atoms with Crippen molar-refractivity contribution in [1.82, 2.24) is 4.98 Å². The van der Waals surface area contributed by atoms with Gasteiger partial charge >= 0.3 is 5.97 Å². The number of benzene rings is 1. The zero-order valence-electron chi connectivity index (χ0n) is 9.43. The van der Waals surface area contributed by atoms with Crippen LogP contribution in [-0.2, 0) is 0 Å². The topological polar surface area (TPSA) is 85.4 Å². The molecule has 2 aromatic rings. The molecule has 0 saturated carbocycles. The molecule has 0 fully saturated rings. The average molecular weight is 344 g/mol. The van der Waals surface area contributed by atoms with Crippen LogP contribution in [0.5, 0.6) is 11.6 Å². The first-order valence-electron chi connectivity index (χ1n) is 5.10. The Morgan fingerprint density at radius 2 is 2.11 bits per heavy atom. The molecular weight excluding hydrogens is 336 g/mol. The lowest BCUT2D eigenvalue weighted by Gasteiger charge is -2.09. The zero-order valence-corrected chi connectivity index (χ0v) is 11.8. The fourth-order valence-corrected chi connectivity index (χ4v) is 2.03. The molecule has 5 nitrogen and oxygen atoms in total. The zero-order chi connectivity index (χ0) is 14.0. The number of halogens is 2. The highest BCUT2D eigenvalue weighted by Crippen LogP contribution is 2.33.